The van der Waals surface area contributed by atoms with Crippen LogP contribution in [0.3, 0.4) is 0 Å². The van der Waals surface area contributed by atoms with E-state index in [1.54, 1.807) is 30.3 Å². The lowest BCUT2D eigenvalue weighted by Crippen LogP contribution is -2.23. The predicted molar refractivity (Wildman–Crippen MR) is 90.9 cm³/mol. The third kappa shape index (κ3) is 5.07. The molecule has 128 valence electrons. The molecule has 2 aromatic rings. The number of carboxylic acid groups (broad SMARTS) is 1. The van der Waals surface area contributed by atoms with E-state index < -0.39 is 5.97 Å². The minimum atomic E-state index is -0.967. The Morgan fingerprint density at radius 2 is 1.96 bits per heavy atom. The van der Waals surface area contributed by atoms with E-state index in [4.69, 9.17) is 14.6 Å². The molecule has 0 atom stereocenters. The zero-order chi connectivity index (χ0) is 17.4. The number of ether oxygens (including phenoxy) is 2. The second-order valence-corrected chi connectivity index (χ2v) is 5.96. The van der Waals surface area contributed by atoms with Gasteiger partial charge >= 0.3 is 5.97 Å². The number of carbonyl (C=O) groups is 2. The van der Waals surface area contributed by atoms with Gasteiger partial charge in [-0.15, -0.1) is 11.3 Å². The molecule has 1 heterocycles. The van der Waals surface area contributed by atoms with Crippen LogP contribution >= 0.6 is 11.3 Å². The van der Waals surface area contributed by atoms with Gasteiger partial charge in [0.1, 0.15) is 17.2 Å². The Morgan fingerprint density at radius 1 is 1.17 bits per heavy atom. The molecule has 24 heavy (non-hydrogen) atoms. The van der Waals surface area contributed by atoms with Crippen molar-refractivity contribution in [1.29, 1.82) is 0 Å². The summed E-state index contributed by atoms with van der Waals surface area (Å²) in [6.45, 7) is 3.61. The van der Waals surface area contributed by atoms with Gasteiger partial charge in [0.2, 0.25) is 0 Å². The van der Waals surface area contributed by atoms with Gasteiger partial charge in [0.25, 0.3) is 5.91 Å². The van der Waals surface area contributed by atoms with Gasteiger partial charge in [0.05, 0.1) is 18.7 Å². The summed E-state index contributed by atoms with van der Waals surface area (Å²) in [5, 5.41) is 11.7. The van der Waals surface area contributed by atoms with E-state index in [0.29, 0.717) is 31.1 Å². The quantitative estimate of drug-likeness (QED) is 0.680. The third-order valence-corrected chi connectivity index (χ3v) is 4.19. The average Bonchev–Trinajstić information content (AvgIpc) is 3.06. The van der Waals surface area contributed by atoms with Gasteiger partial charge < -0.3 is 19.9 Å². The van der Waals surface area contributed by atoms with Crippen molar-refractivity contribution in [3.8, 4) is 5.75 Å². The number of amides is 1. The molecule has 2 N–H and O–H groups in total. The fourth-order valence-electron chi connectivity index (χ4n) is 1.99. The Labute approximate surface area is 144 Å². The van der Waals surface area contributed by atoms with Crippen molar-refractivity contribution in [2.45, 2.75) is 13.5 Å². The summed E-state index contributed by atoms with van der Waals surface area (Å²) in [6, 6.07) is 10.2. The number of carboxylic acids is 1. The van der Waals surface area contributed by atoms with Crippen molar-refractivity contribution >= 4 is 23.2 Å². The normalized spacial score (nSPS) is 10.4. The van der Waals surface area contributed by atoms with Crippen LogP contribution in [0.4, 0.5) is 0 Å². The second-order valence-electron chi connectivity index (χ2n) is 4.80. The maximum absolute atomic E-state index is 12.3. The molecule has 0 unspecified atom stereocenters. The summed E-state index contributed by atoms with van der Waals surface area (Å²) >= 11 is 1.14. The number of benzene rings is 1. The molecule has 0 saturated heterocycles. The maximum atomic E-state index is 12.3. The van der Waals surface area contributed by atoms with Crippen LogP contribution in [0.15, 0.2) is 36.4 Å². The highest BCUT2D eigenvalue weighted by atomic mass is 32.1. The molecule has 0 fully saturated rings. The van der Waals surface area contributed by atoms with E-state index in [-0.39, 0.29) is 17.3 Å². The molecule has 1 aromatic carbocycles. The van der Waals surface area contributed by atoms with E-state index in [2.05, 4.69) is 5.32 Å². The lowest BCUT2D eigenvalue weighted by molar-refractivity contribution is 0.0702. The smallest absolute Gasteiger partial charge is 0.345 e. The van der Waals surface area contributed by atoms with Crippen LogP contribution in [-0.4, -0.2) is 36.8 Å². The molecular formula is C17H19NO5S. The molecule has 0 aliphatic heterocycles. The van der Waals surface area contributed by atoms with Gasteiger partial charge in [0, 0.05) is 11.5 Å². The molecule has 0 aliphatic carbocycles. The van der Waals surface area contributed by atoms with Crippen molar-refractivity contribution < 1.29 is 24.2 Å². The molecule has 7 heteroatoms. The number of rotatable bonds is 9. The number of para-hydroxylation sites is 1. The number of nitrogens with one attached hydrogen (secondary N) is 1. The first-order valence-electron chi connectivity index (χ1n) is 7.51. The highest BCUT2D eigenvalue weighted by molar-refractivity contribution is 7.13. The van der Waals surface area contributed by atoms with Gasteiger partial charge in [-0.2, -0.15) is 0 Å². The van der Waals surface area contributed by atoms with E-state index in [0.717, 1.165) is 16.2 Å². The summed E-state index contributed by atoms with van der Waals surface area (Å²) in [4.78, 5) is 24.2. The molecule has 0 bridgehead atoms. The molecule has 6 nitrogen and oxygen atoms in total. The number of hydrogen-bond donors (Lipinski definition) is 2. The van der Waals surface area contributed by atoms with Crippen LogP contribution in [0, 0.1) is 0 Å². The highest BCUT2D eigenvalue weighted by Gasteiger charge is 2.13. The Bertz CT molecular complexity index is 698. The molecular weight excluding hydrogens is 330 g/mol. The van der Waals surface area contributed by atoms with Gasteiger partial charge in [0.15, 0.2) is 0 Å². The van der Waals surface area contributed by atoms with Crippen LogP contribution in [0.25, 0.3) is 0 Å². The Morgan fingerprint density at radius 3 is 2.67 bits per heavy atom. The maximum Gasteiger partial charge on any atom is 0.345 e. The third-order valence-electron chi connectivity index (χ3n) is 3.12. The van der Waals surface area contributed by atoms with E-state index >= 15 is 0 Å². The average molecular weight is 349 g/mol. The van der Waals surface area contributed by atoms with Crippen LogP contribution in [0.1, 0.15) is 31.8 Å². The van der Waals surface area contributed by atoms with Crippen molar-refractivity contribution in [2.24, 2.45) is 0 Å². The van der Waals surface area contributed by atoms with Crippen molar-refractivity contribution in [2.75, 3.05) is 19.8 Å². The first kappa shape index (κ1) is 18.0. The minimum Gasteiger partial charge on any atom is -0.490 e. The lowest BCUT2D eigenvalue weighted by atomic mass is 10.2. The van der Waals surface area contributed by atoms with Gasteiger partial charge in [-0.05, 0) is 31.2 Å². The topological polar surface area (TPSA) is 84.9 Å². The summed E-state index contributed by atoms with van der Waals surface area (Å²) in [5.41, 5.74) is 0.434. The van der Waals surface area contributed by atoms with Gasteiger partial charge in [-0.3, -0.25) is 4.79 Å². The lowest BCUT2D eigenvalue weighted by Gasteiger charge is -2.11. The Hall–Kier alpha value is -2.38. The molecule has 0 radical (unpaired) electrons. The van der Waals surface area contributed by atoms with Crippen LogP contribution in [0.2, 0.25) is 0 Å². The molecule has 0 spiro atoms. The zero-order valence-electron chi connectivity index (χ0n) is 13.3. The highest BCUT2D eigenvalue weighted by Crippen LogP contribution is 2.19. The largest absolute Gasteiger partial charge is 0.490 e. The number of thiophene rings is 1. The number of aromatic carboxylic acids is 1. The second kappa shape index (κ2) is 9.05. The summed E-state index contributed by atoms with van der Waals surface area (Å²) < 4.78 is 10.8. The first-order valence-corrected chi connectivity index (χ1v) is 8.33. The SMILES string of the molecule is CCOCCOc1ccccc1C(=O)NCc1ccc(C(=O)O)s1. The standard InChI is InChI=1S/C17H19NO5S/c1-2-22-9-10-23-14-6-4-3-5-13(14)16(19)18-11-12-7-8-15(24-12)17(20)21/h3-8H,2,9-11H2,1H3,(H,18,19)(H,20,21). The number of hydrogen-bond acceptors (Lipinski definition) is 5. The van der Waals surface area contributed by atoms with Crippen LogP contribution in [0.5, 0.6) is 5.75 Å². The van der Waals surface area contributed by atoms with Crippen LogP contribution < -0.4 is 10.1 Å². The fraction of sp³-hybridized carbons (Fsp3) is 0.294. The van der Waals surface area contributed by atoms with Crippen LogP contribution in [-0.2, 0) is 11.3 Å². The summed E-state index contributed by atoms with van der Waals surface area (Å²) in [6.07, 6.45) is 0. The molecule has 0 aliphatic rings. The zero-order valence-corrected chi connectivity index (χ0v) is 14.1. The van der Waals surface area contributed by atoms with Crippen molar-refractivity contribution in [3.05, 3.63) is 51.7 Å². The minimum absolute atomic E-state index is 0.249. The molecule has 1 amide bonds. The van der Waals surface area contributed by atoms with E-state index in [1.165, 1.54) is 6.07 Å². The van der Waals surface area contributed by atoms with Crippen molar-refractivity contribution in [1.82, 2.24) is 5.32 Å². The molecule has 2 rings (SSSR count). The first-order chi connectivity index (χ1) is 11.6. The van der Waals surface area contributed by atoms with Crippen molar-refractivity contribution in [3.63, 3.8) is 0 Å². The number of carbonyl (C=O) groups excluding carboxylic acids is 1. The van der Waals surface area contributed by atoms with E-state index in [1.807, 2.05) is 6.92 Å². The molecule has 1 aromatic heterocycles. The predicted octanol–water partition coefficient (Wildman–Crippen LogP) is 2.79. The fourth-order valence-corrected chi connectivity index (χ4v) is 2.77. The van der Waals surface area contributed by atoms with E-state index in [9.17, 15) is 9.59 Å². The monoisotopic (exact) mass is 349 g/mol. The summed E-state index contributed by atoms with van der Waals surface area (Å²) in [7, 11) is 0. The Kier molecular flexibility index (Phi) is 6.77. The Balaban J connectivity index is 1.94. The summed E-state index contributed by atoms with van der Waals surface area (Å²) in [5.74, 6) is -0.745. The van der Waals surface area contributed by atoms with Gasteiger partial charge in [-0.1, -0.05) is 12.1 Å². The molecule has 0 saturated carbocycles. The van der Waals surface area contributed by atoms with Gasteiger partial charge in [-0.25, -0.2) is 4.79 Å².